The zero-order valence-corrected chi connectivity index (χ0v) is 60.0. The number of thiocarbonyl (C=S) groups is 4. The molecule has 0 atom stereocenters. The molecule has 20 heteroatoms. The number of carbonyl (C=O) groups is 4. The van der Waals surface area contributed by atoms with Crippen molar-refractivity contribution in [3.63, 3.8) is 0 Å². The smallest absolute Gasteiger partial charge is 0.257 e. The lowest BCUT2D eigenvalue weighted by molar-refractivity contribution is 0.0967. The maximum absolute atomic E-state index is 12.4. The predicted molar refractivity (Wildman–Crippen MR) is 405 cm³/mol. The molecule has 0 saturated heterocycles. The Labute approximate surface area is 583 Å². The van der Waals surface area contributed by atoms with Crippen LogP contribution in [0.15, 0.2) is 140 Å². The van der Waals surface area contributed by atoms with Crippen molar-refractivity contribution in [1.29, 1.82) is 0 Å². The lowest BCUT2D eigenvalue weighted by atomic mass is 10.0. The van der Waals surface area contributed by atoms with E-state index in [0.29, 0.717) is 45.0 Å². The van der Waals surface area contributed by atoms with Gasteiger partial charge in [-0.15, -0.1) is 0 Å². The molecule has 0 radical (unpaired) electrons. The molecule has 0 spiro atoms. The fraction of sp³-hybridized carbons (Fsp3) is 0.211. The SMILES string of the molecule is Cc1cc(C)cc(C(=O)NC(=S)N(O)c2ccc3ccccc3c2)c1.Cc1cc(C)cc(C(=O)NC(=S)Nc2c(C)cc(C)c(C)c2O)c1.Cc1cc(C)cc(C(=O)NC(=S)Nc2c(C)cc(C)cc2O)c1.Cc1cc(C)cc(C(=O)NC(=S)Nc2c(O)cc(C)c(C)c2C)c1. The molecule has 96 heavy (non-hydrogen) atoms. The standard InChI is InChI=1S/C20H18N2O2S.2C19H22N2O2S.C18H20N2O2S/c1-13-9-14(2)11-17(10-13)19(23)21-20(25)22(24)18-8-7-15-5-3-4-6-16(15)12-18;1-10-6-11(2)8-15(7-10)18(23)21-19(24)20-17-14(5)13(4)12(3)9-16(17)22;1-10-6-11(2)8-15(7-10)18(23)21-19(24)20-16-13(4)9-12(3)14(5)17(16)22;1-10-5-11(2)8-14(7-10)17(22)20-18(23)19-16-13(4)6-12(3)9-15(16)21/h3-12,24H,1-2H3,(H,21,23,25);2*6-9,22H,1-5H3,(H2,20,21,23,24);5-9,21H,1-4H3,(H2,19,20,22,23). The second-order valence-electron chi connectivity index (χ2n) is 24.0. The molecule has 0 fully saturated rings. The van der Waals surface area contributed by atoms with Gasteiger partial charge in [-0.05, 0) is 288 Å². The van der Waals surface area contributed by atoms with Crippen molar-refractivity contribution < 1.29 is 39.7 Å². The van der Waals surface area contributed by atoms with E-state index in [0.717, 1.165) is 105 Å². The van der Waals surface area contributed by atoms with Gasteiger partial charge in [-0.3, -0.25) is 45.7 Å². The number of aromatic hydroxyl groups is 3. The van der Waals surface area contributed by atoms with Crippen molar-refractivity contribution >= 4 is 126 Å². The highest BCUT2D eigenvalue weighted by Crippen LogP contribution is 2.34. The third-order valence-electron chi connectivity index (χ3n) is 15.3. The van der Waals surface area contributed by atoms with Crippen molar-refractivity contribution in [2.45, 2.75) is 111 Å². The highest BCUT2D eigenvalue weighted by Gasteiger charge is 2.19. The van der Waals surface area contributed by atoms with Crippen LogP contribution in [0.25, 0.3) is 10.8 Å². The van der Waals surface area contributed by atoms with E-state index in [1.54, 1.807) is 42.5 Å². The number of benzene rings is 9. The van der Waals surface area contributed by atoms with Crippen LogP contribution in [0.5, 0.6) is 17.2 Å². The molecule has 0 aromatic heterocycles. The van der Waals surface area contributed by atoms with E-state index in [2.05, 4.69) is 37.2 Å². The van der Waals surface area contributed by atoms with E-state index >= 15 is 0 Å². The summed E-state index contributed by atoms with van der Waals surface area (Å²) >= 11 is 20.8. The Morgan fingerprint density at radius 1 is 0.333 bits per heavy atom. The zero-order valence-electron chi connectivity index (χ0n) is 56.8. The van der Waals surface area contributed by atoms with E-state index < -0.39 is 0 Å². The Morgan fingerprint density at radius 3 is 1.09 bits per heavy atom. The van der Waals surface area contributed by atoms with Gasteiger partial charge in [0.2, 0.25) is 5.11 Å². The number of hydroxylamine groups is 1. The first-order valence-electron chi connectivity index (χ1n) is 30.5. The van der Waals surface area contributed by atoms with E-state index in [4.69, 9.17) is 48.9 Å². The number of fused-ring (bicyclic) bond motifs is 1. The summed E-state index contributed by atoms with van der Waals surface area (Å²) < 4.78 is 0. The molecule has 0 aliphatic carbocycles. The number of phenols is 3. The monoisotopic (exact) mass is 1360 g/mol. The number of phenolic OH excluding ortho intramolecular Hbond substituents is 3. The van der Waals surface area contributed by atoms with Crippen LogP contribution in [0.1, 0.15) is 130 Å². The van der Waals surface area contributed by atoms with E-state index in [-0.39, 0.29) is 61.3 Å². The molecule has 498 valence electrons. The molecule has 0 unspecified atom stereocenters. The van der Waals surface area contributed by atoms with Gasteiger partial charge in [-0.2, -0.15) is 5.06 Å². The number of anilines is 4. The number of carbonyl (C=O) groups excluding carboxylic acids is 4. The Kier molecular flexibility index (Phi) is 26.1. The fourth-order valence-corrected chi connectivity index (χ4v) is 11.4. The van der Waals surface area contributed by atoms with Gasteiger partial charge < -0.3 is 31.3 Å². The second kappa shape index (κ2) is 33.4. The Morgan fingerprint density at radius 2 is 0.677 bits per heavy atom. The van der Waals surface area contributed by atoms with Crippen molar-refractivity contribution in [1.82, 2.24) is 21.3 Å². The molecular formula is C76H82N8O8S4. The maximum atomic E-state index is 12.4. The Hall–Kier alpha value is -9.96. The van der Waals surface area contributed by atoms with Crippen LogP contribution in [0.2, 0.25) is 0 Å². The lowest BCUT2D eigenvalue weighted by Crippen LogP contribution is -2.41. The third kappa shape index (κ3) is 21.0. The van der Waals surface area contributed by atoms with Crippen LogP contribution in [0, 0.1) is 111 Å². The summed E-state index contributed by atoms with van der Waals surface area (Å²) in [6, 6.07) is 42.9. The van der Waals surface area contributed by atoms with Crippen LogP contribution < -0.4 is 42.3 Å². The highest BCUT2D eigenvalue weighted by atomic mass is 32.1. The number of nitrogens with zero attached hydrogens (tertiary/aromatic N) is 1. The molecule has 9 aromatic rings. The van der Waals surface area contributed by atoms with Gasteiger partial charge in [0.25, 0.3) is 23.6 Å². The molecule has 9 rings (SSSR count). The van der Waals surface area contributed by atoms with Crippen LogP contribution >= 0.6 is 48.9 Å². The summed E-state index contributed by atoms with van der Waals surface area (Å²) in [5.41, 5.74) is 19.7. The average Bonchev–Trinajstić information content (AvgIpc) is 0.862. The number of aryl methyl sites for hydroxylation is 13. The molecule has 0 bridgehead atoms. The minimum absolute atomic E-state index is 0.0700. The van der Waals surface area contributed by atoms with Gasteiger partial charge in [0, 0.05) is 22.3 Å². The number of nitrogens with one attached hydrogen (secondary N) is 7. The first kappa shape index (κ1) is 75.1. The molecule has 0 aliphatic heterocycles. The molecular weight excluding hydrogens is 1280 g/mol. The van der Waals surface area contributed by atoms with E-state index in [1.165, 1.54) is 0 Å². The van der Waals surface area contributed by atoms with Crippen molar-refractivity contribution in [3.05, 3.63) is 251 Å². The van der Waals surface area contributed by atoms with Crippen molar-refractivity contribution in [2.75, 3.05) is 21.0 Å². The topological polar surface area (TPSA) is 237 Å². The van der Waals surface area contributed by atoms with E-state index in [1.807, 2.05) is 208 Å². The summed E-state index contributed by atoms with van der Waals surface area (Å²) in [5.74, 6) is -0.824. The second-order valence-corrected chi connectivity index (χ2v) is 25.6. The number of rotatable bonds is 8. The largest absolute Gasteiger partial charge is 0.506 e. The number of hydrogen-bond donors (Lipinski definition) is 11. The Bertz CT molecular complexity index is 4310. The summed E-state index contributed by atoms with van der Waals surface area (Å²) in [6.45, 7) is 30.7. The molecule has 0 aliphatic rings. The summed E-state index contributed by atoms with van der Waals surface area (Å²) in [4.78, 5) is 49.3. The minimum Gasteiger partial charge on any atom is -0.506 e. The Balaban J connectivity index is 0.000000203. The summed E-state index contributed by atoms with van der Waals surface area (Å²) in [6.07, 6.45) is 0. The minimum atomic E-state index is -0.350. The predicted octanol–water partition coefficient (Wildman–Crippen LogP) is 16.2. The molecule has 16 nitrogen and oxygen atoms in total. The highest BCUT2D eigenvalue weighted by molar-refractivity contribution is 7.81. The number of amides is 4. The van der Waals surface area contributed by atoms with Gasteiger partial charge in [0.15, 0.2) is 15.3 Å². The zero-order chi connectivity index (χ0) is 71.2. The van der Waals surface area contributed by atoms with Crippen LogP contribution in [-0.2, 0) is 0 Å². The van der Waals surface area contributed by atoms with E-state index in [9.17, 15) is 39.7 Å². The van der Waals surface area contributed by atoms with Gasteiger partial charge in [0.1, 0.15) is 17.2 Å². The van der Waals surface area contributed by atoms with Crippen molar-refractivity contribution in [3.8, 4) is 17.2 Å². The van der Waals surface area contributed by atoms with Gasteiger partial charge in [-0.1, -0.05) is 111 Å². The van der Waals surface area contributed by atoms with Gasteiger partial charge in [0.05, 0.1) is 22.7 Å². The summed E-state index contributed by atoms with van der Waals surface area (Å²) in [7, 11) is 0. The molecule has 0 heterocycles. The van der Waals surface area contributed by atoms with Crippen LogP contribution in [0.3, 0.4) is 0 Å². The summed E-state index contributed by atoms with van der Waals surface area (Å²) in [5, 5.41) is 63.3. The van der Waals surface area contributed by atoms with Gasteiger partial charge >= 0.3 is 0 Å². The van der Waals surface area contributed by atoms with Crippen molar-refractivity contribution in [2.24, 2.45) is 0 Å². The fourth-order valence-electron chi connectivity index (χ4n) is 10.6. The average molecular weight is 1360 g/mol. The molecule has 4 amide bonds. The normalized spacial score (nSPS) is 10.4. The first-order valence-corrected chi connectivity index (χ1v) is 32.1. The van der Waals surface area contributed by atoms with Crippen LogP contribution in [0.4, 0.5) is 22.7 Å². The number of hydrogen-bond acceptors (Lipinski definition) is 12. The molecule has 11 N–H and O–H groups in total. The lowest BCUT2D eigenvalue weighted by Gasteiger charge is -2.19. The van der Waals surface area contributed by atoms with Crippen LogP contribution in [-0.4, -0.2) is 64.6 Å². The first-order chi connectivity index (χ1) is 45.1. The maximum Gasteiger partial charge on any atom is 0.257 e. The molecule has 9 aromatic carbocycles. The van der Waals surface area contributed by atoms with Gasteiger partial charge in [-0.25, -0.2) is 0 Å². The third-order valence-corrected chi connectivity index (χ3v) is 16.2. The molecule has 0 saturated carbocycles. The quantitative estimate of drug-likeness (QED) is 0.0385.